The molecule has 0 saturated heterocycles. The van der Waals surface area contributed by atoms with Crippen molar-refractivity contribution in [1.82, 2.24) is 0 Å². The Hall–Kier alpha value is -1.59. The highest BCUT2D eigenvalue weighted by molar-refractivity contribution is 5.71. The molecule has 6 nitrogen and oxygen atoms in total. The van der Waals surface area contributed by atoms with E-state index in [0.29, 0.717) is 19.3 Å². The number of esters is 3. The van der Waals surface area contributed by atoms with Crippen LogP contribution in [0.2, 0.25) is 0 Å². The first kappa shape index (κ1) is 46.4. The molecule has 1 unspecified atom stereocenters. The van der Waals surface area contributed by atoms with Gasteiger partial charge in [0, 0.05) is 19.3 Å². The molecule has 0 fully saturated rings. The lowest BCUT2D eigenvalue weighted by atomic mass is 9.99. The van der Waals surface area contributed by atoms with Gasteiger partial charge in [-0.15, -0.1) is 0 Å². The molecule has 0 bridgehead atoms. The molecule has 284 valence electrons. The molecule has 0 aliphatic carbocycles. The monoisotopic (exact) mass is 681 g/mol. The summed E-state index contributed by atoms with van der Waals surface area (Å²) in [6, 6.07) is 0. The fourth-order valence-electron chi connectivity index (χ4n) is 6.01. The molecule has 0 aromatic rings. The molecule has 0 N–H and O–H groups in total. The second-order valence-electron chi connectivity index (χ2n) is 15.0. The van der Waals surface area contributed by atoms with Crippen LogP contribution >= 0.6 is 0 Å². The summed E-state index contributed by atoms with van der Waals surface area (Å²) < 4.78 is 16.6. The Labute approximate surface area is 298 Å². The van der Waals surface area contributed by atoms with E-state index in [2.05, 4.69) is 34.6 Å². The fourth-order valence-corrected chi connectivity index (χ4v) is 6.01. The number of hydrogen-bond donors (Lipinski definition) is 0. The molecule has 0 aromatic carbocycles. The summed E-state index contributed by atoms with van der Waals surface area (Å²) in [5, 5.41) is 0. The van der Waals surface area contributed by atoms with E-state index in [1.165, 1.54) is 109 Å². The van der Waals surface area contributed by atoms with Gasteiger partial charge in [0.05, 0.1) is 0 Å². The van der Waals surface area contributed by atoms with Gasteiger partial charge in [0.2, 0.25) is 0 Å². The SMILES string of the molecule is CCCCCCCCCC(=O)OC[C@H](COC(=O)CCCCCCCCCCC(C)C)OC(=O)CCCCCCCCCCC(C)CC. The smallest absolute Gasteiger partial charge is 0.306 e. The van der Waals surface area contributed by atoms with E-state index in [1.807, 2.05) is 0 Å². The lowest BCUT2D eigenvalue weighted by Crippen LogP contribution is -2.30. The average molecular weight is 681 g/mol. The molecular formula is C42H80O6. The van der Waals surface area contributed by atoms with Gasteiger partial charge in [-0.3, -0.25) is 14.4 Å². The zero-order valence-corrected chi connectivity index (χ0v) is 32.6. The van der Waals surface area contributed by atoms with Crippen molar-refractivity contribution in [1.29, 1.82) is 0 Å². The molecular weight excluding hydrogens is 600 g/mol. The normalized spacial score (nSPS) is 12.6. The third-order valence-corrected chi connectivity index (χ3v) is 9.58. The second-order valence-corrected chi connectivity index (χ2v) is 15.0. The van der Waals surface area contributed by atoms with Gasteiger partial charge >= 0.3 is 17.9 Å². The topological polar surface area (TPSA) is 78.9 Å². The van der Waals surface area contributed by atoms with Crippen molar-refractivity contribution in [2.24, 2.45) is 11.8 Å². The number of carbonyl (C=O) groups is 3. The molecule has 0 amide bonds. The first-order chi connectivity index (χ1) is 23.3. The van der Waals surface area contributed by atoms with Crippen LogP contribution in [0.25, 0.3) is 0 Å². The fraction of sp³-hybridized carbons (Fsp3) is 0.929. The van der Waals surface area contributed by atoms with Crippen molar-refractivity contribution < 1.29 is 28.6 Å². The van der Waals surface area contributed by atoms with Crippen LogP contribution in [0.5, 0.6) is 0 Å². The van der Waals surface area contributed by atoms with E-state index in [9.17, 15) is 14.4 Å². The van der Waals surface area contributed by atoms with Crippen LogP contribution in [0.1, 0.15) is 221 Å². The highest BCUT2D eigenvalue weighted by Crippen LogP contribution is 2.16. The molecule has 0 aliphatic rings. The average Bonchev–Trinajstić information content (AvgIpc) is 3.06. The lowest BCUT2D eigenvalue weighted by Gasteiger charge is -2.18. The van der Waals surface area contributed by atoms with E-state index in [1.54, 1.807) is 0 Å². The standard InChI is InChI=1S/C42H80O6/c1-6-8-9-10-15-22-27-32-40(43)46-35-39(36-47-41(44)33-28-23-18-13-11-16-20-25-30-37(3)4)48-42(45)34-29-24-19-14-12-17-21-26-31-38(5)7-2/h37-39H,6-36H2,1-5H3/t38?,39-/m1/s1. The molecule has 6 heteroatoms. The van der Waals surface area contributed by atoms with Gasteiger partial charge in [-0.2, -0.15) is 0 Å². The van der Waals surface area contributed by atoms with Crippen molar-refractivity contribution in [3.05, 3.63) is 0 Å². The summed E-state index contributed by atoms with van der Waals surface area (Å²) in [5.41, 5.74) is 0. The first-order valence-electron chi connectivity index (χ1n) is 20.8. The maximum atomic E-state index is 12.6. The van der Waals surface area contributed by atoms with E-state index in [0.717, 1.165) is 69.6 Å². The summed E-state index contributed by atoms with van der Waals surface area (Å²) in [5.74, 6) is 0.769. The molecule has 0 radical (unpaired) electrons. The number of hydrogen-bond acceptors (Lipinski definition) is 6. The van der Waals surface area contributed by atoms with Crippen LogP contribution in [0.15, 0.2) is 0 Å². The van der Waals surface area contributed by atoms with Crippen molar-refractivity contribution in [2.45, 2.75) is 227 Å². The maximum Gasteiger partial charge on any atom is 0.306 e. The number of unbranched alkanes of at least 4 members (excludes halogenated alkanes) is 20. The van der Waals surface area contributed by atoms with Crippen molar-refractivity contribution >= 4 is 17.9 Å². The molecule has 0 aromatic heterocycles. The van der Waals surface area contributed by atoms with Crippen LogP contribution in [0.4, 0.5) is 0 Å². The third-order valence-electron chi connectivity index (χ3n) is 9.58. The Bertz CT molecular complexity index is 736. The Balaban J connectivity index is 4.33. The Morgan fingerprint density at radius 2 is 0.792 bits per heavy atom. The first-order valence-corrected chi connectivity index (χ1v) is 20.8. The van der Waals surface area contributed by atoms with Gasteiger partial charge in [0.25, 0.3) is 0 Å². The zero-order chi connectivity index (χ0) is 35.5. The van der Waals surface area contributed by atoms with Gasteiger partial charge in [-0.05, 0) is 31.1 Å². The van der Waals surface area contributed by atoms with Crippen LogP contribution in [-0.2, 0) is 28.6 Å². The largest absolute Gasteiger partial charge is 0.462 e. The number of carbonyl (C=O) groups excluding carboxylic acids is 3. The summed E-state index contributed by atoms with van der Waals surface area (Å²) in [7, 11) is 0. The zero-order valence-electron chi connectivity index (χ0n) is 32.6. The summed E-state index contributed by atoms with van der Waals surface area (Å²) in [6.07, 6.45) is 31.0. The Kier molecular flexibility index (Phi) is 34.1. The Morgan fingerprint density at radius 3 is 1.19 bits per heavy atom. The molecule has 0 spiro atoms. The predicted molar refractivity (Wildman–Crippen MR) is 201 cm³/mol. The maximum absolute atomic E-state index is 12.6. The van der Waals surface area contributed by atoms with E-state index in [4.69, 9.17) is 14.2 Å². The summed E-state index contributed by atoms with van der Waals surface area (Å²) >= 11 is 0. The van der Waals surface area contributed by atoms with Crippen LogP contribution in [0.3, 0.4) is 0 Å². The molecule has 48 heavy (non-hydrogen) atoms. The van der Waals surface area contributed by atoms with Crippen molar-refractivity contribution in [3.63, 3.8) is 0 Å². The van der Waals surface area contributed by atoms with Crippen molar-refractivity contribution in [2.75, 3.05) is 13.2 Å². The third kappa shape index (κ3) is 34.3. The number of rotatable bonds is 36. The molecule has 0 heterocycles. The second kappa shape index (κ2) is 35.2. The van der Waals surface area contributed by atoms with Gasteiger partial charge in [0.1, 0.15) is 13.2 Å². The highest BCUT2D eigenvalue weighted by Gasteiger charge is 2.19. The quantitative estimate of drug-likeness (QED) is 0.0372. The molecule has 0 saturated carbocycles. The summed E-state index contributed by atoms with van der Waals surface area (Å²) in [4.78, 5) is 37.4. The Morgan fingerprint density at radius 1 is 0.438 bits per heavy atom. The van der Waals surface area contributed by atoms with E-state index in [-0.39, 0.29) is 31.1 Å². The minimum absolute atomic E-state index is 0.0668. The van der Waals surface area contributed by atoms with Crippen LogP contribution < -0.4 is 0 Å². The molecule has 0 rings (SSSR count). The van der Waals surface area contributed by atoms with Gasteiger partial charge in [0.15, 0.2) is 6.10 Å². The van der Waals surface area contributed by atoms with E-state index < -0.39 is 6.10 Å². The number of ether oxygens (including phenoxy) is 3. The summed E-state index contributed by atoms with van der Waals surface area (Å²) in [6.45, 7) is 11.2. The molecule has 2 atom stereocenters. The minimum atomic E-state index is -0.759. The van der Waals surface area contributed by atoms with Gasteiger partial charge < -0.3 is 14.2 Å². The highest BCUT2D eigenvalue weighted by atomic mass is 16.6. The lowest BCUT2D eigenvalue weighted by molar-refractivity contribution is -0.167. The van der Waals surface area contributed by atoms with Gasteiger partial charge in [-0.1, -0.05) is 182 Å². The van der Waals surface area contributed by atoms with E-state index >= 15 is 0 Å². The predicted octanol–water partition coefficient (Wildman–Crippen LogP) is 12.6. The van der Waals surface area contributed by atoms with Crippen LogP contribution in [0, 0.1) is 11.8 Å². The van der Waals surface area contributed by atoms with Crippen LogP contribution in [-0.4, -0.2) is 37.2 Å². The molecule has 0 aliphatic heterocycles. The van der Waals surface area contributed by atoms with Gasteiger partial charge in [-0.25, -0.2) is 0 Å². The van der Waals surface area contributed by atoms with Crippen molar-refractivity contribution in [3.8, 4) is 0 Å². The minimum Gasteiger partial charge on any atom is -0.462 e.